The molecule has 0 fully saturated rings. The van der Waals surface area contributed by atoms with Crippen molar-refractivity contribution in [2.45, 2.75) is 25.5 Å². The number of sulfone groups is 1. The van der Waals surface area contributed by atoms with Crippen LogP contribution in [0.5, 0.6) is 0 Å². The van der Waals surface area contributed by atoms with Crippen molar-refractivity contribution < 1.29 is 8.42 Å². The maximum absolute atomic E-state index is 11.6. The average Bonchev–Trinajstić information content (AvgIpc) is 2.26. The fourth-order valence-electron chi connectivity index (χ4n) is 1.15. The second-order valence-electron chi connectivity index (χ2n) is 4.71. The maximum atomic E-state index is 11.6. The number of hydrogen-bond acceptors (Lipinski definition) is 6. The van der Waals surface area contributed by atoms with Gasteiger partial charge in [-0.1, -0.05) is 0 Å². The quantitative estimate of drug-likeness (QED) is 0.808. The first-order valence-electron chi connectivity index (χ1n) is 5.75. The van der Waals surface area contributed by atoms with Crippen LogP contribution in [-0.2, 0) is 9.84 Å². The van der Waals surface area contributed by atoms with E-state index >= 15 is 0 Å². The van der Waals surface area contributed by atoms with Gasteiger partial charge in [0.05, 0.1) is 17.1 Å². The smallest absolute Gasteiger partial charge is 0.154 e. The van der Waals surface area contributed by atoms with Gasteiger partial charge in [0.2, 0.25) is 0 Å². The van der Waals surface area contributed by atoms with Crippen molar-refractivity contribution in [1.82, 2.24) is 9.97 Å². The average molecular weight is 272 g/mol. The standard InChI is InChI=1S/C11H20N4O2S/c1-5-13-9-6-12-7-10(15-9)14-8-11(2,3)18(4,16)17/h6-7H,5,8H2,1-4H3,(H2,13,14,15). The van der Waals surface area contributed by atoms with E-state index in [1.165, 1.54) is 6.26 Å². The summed E-state index contributed by atoms with van der Waals surface area (Å²) in [5, 5.41) is 6.04. The van der Waals surface area contributed by atoms with E-state index in [9.17, 15) is 8.42 Å². The molecule has 0 amide bonds. The summed E-state index contributed by atoms with van der Waals surface area (Å²) in [6, 6.07) is 0. The van der Waals surface area contributed by atoms with Crippen LogP contribution in [0.25, 0.3) is 0 Å². The van der Waals surface area contributed by atoms with Gasteiger partial charge >= 0.3 is 0 Å². The topological polar surface area (TPSA) is 84.0 Å². The molecule has 0 aliphatic carbocycles. The van der Waals surface area contributed by atoms with Crippen molar-refractivity contribution in [1.29, 1.82) is 0 Å². The molecule has 0 spiro atoms. The Morgan fingerprint density at radius 2 is 1.78 bits per heavy atom. The van der Waals surface area contributed by atoms with E-state index in [0.717, 1.165) is 6.54 Å². The second-order valence-corrected chi connectivity index (χ2v) is 7.35. The van der Waals surface area contributed by atoms with Crippen LogP contribution in [0, 0.1) is 0 Å². The van der Waals surface area contributed by atoms with Crippen LogP contribution in [0.15, 0.2) is 12.4 Å². The highest BCUT2D eigenvalue weighted by Gasteiger charge is 2.29. The predicted octanol–water partition coefficient (Wildman–Crippen LogP) is 1.14. The zero-order valence-corrected chi connectivity index (χ0v) is 12.0. The molecular weight excluding hydrogens is 252 g/mol. The van der Waals surface area contributed by atoms with E-state index in [0.29, 0.717) is 11.6 Å². The normalized spacial score (nSPS) is 12.2. The number of rotatable bonds is 6. The number of anilines is 2. The molecule has 0 saturated carbocycles. The largest absolute Gasteiger partial charge is 0.369 e. The maximum Gasteiger partial charge on any atom is 0.154 e. The summed E-state index contributed by atoms with van der Waals surface area (Å²) in [5.74, 6) is 1.23. The van der Waals surface area contributed by atoms with Gasteiger partial charge in [0.15, 0.2) is 9.84 Å². The van der Waals surface area contributed by atoms with Gasteiger partial charge in [0, 0.05) is 19.3 Å². The molecule has 0 aromatic carbocycles. The number of nitrogens with zero attached hydrogens (tertiary/aromatic N) is 2. The summed E-state index contributed by atoms with van der Waals surface area (Å²) in [6.45, 7) is 6.37. The Morgan fingerprint density at radius 1 is 1.22 bits per heavy atom. The highest BCUT2D eigenvalue weighted by molar-refractivity contribution is 7.92. The second kappa shape index (κ2) is 5.51. The highest BCUT2D eigenvalue weighted by atomic mass is 32.2. The summed E-state index contributed by atoms with van der Waals surface area (Å²) >= 11 is 0. The van der Waals surface area contributed by atoms with Crippen molar-refractivity contribution >= 4 is 21.5 Å². The van der Waals surface area contributed by atoms with E-state index in [-0.39, 0.29) is 6.54 Å². The molecule has 1 rings (SSSR count). The first kappa shape index (κ1) is 14.7. The lowest BCUT2D eigenvalue weighted by molar-refractivity contribution is 0.559. The van der Waals surface area contributed by atoms with Crippen molar-refractivity contribution in [3.63, 3.8) is 0 Å². The van der Waals surface area contributed by atoms with Gasteiger partial charge in [-0.25, -0.2) is 13.4 Å². The molecule has 18 heavy (non-hydrogen) atoms. The van der Waals surface area contributed by atoms with Gasteiger partial charge in [0.1, 0.15) is 11.6 Å². The minimum Gasteiger partial charge on any atom is -0.369 e. The molecule has 1 aromatic heterocycles. The Kier molecular flexibility index (Phi) is 4.50. The zero-order valence-electron chi connectivity index (χ0n) is 11.2. The van der Waals surface area contributed by atoms with E-state index in [4.69, 9.17) is 0 Å². The molecular formula is C11H20N4O2S. The molecule has 0 saturated heterocycles. The Bertz CT molecular complexity index is 500. The van der Waals surface area contributed by atoms with Crippen LogP contribution >= 0.6 is 0 Å². The lowest BCUT2D eigenvalue weighted by atomic mass is 10.2. The Morgan fingerprint density at radius 3 is 2.28 bits per heavy atom. The molecule has 2 N–H and O–H groups in total. The van der Waals surface area contributed by atoms with Gasteiger partial charge in [-0.05, 0) is 20.8 Å². The Balaban J connectivity index is 2.72. The minimum atomic E-state index is -3.12. The van der Waals surface area contributed by atoms with Crippen LogP contribution in [0.3, 0.4) is 0 Å². The monoisotopic (exact) mass is 272 g/mol. The summed E-state index contributed by atoms with van der Waals surface area (Å²) < 4.78 is 22.3. The third-order valence-electron chi connectivity index (χ3n) is 2.69. The van der Waals surface area contributed by atoms with Crippen molar-refractivity contribution in [3.8, 4) is 0 Å². The van der Waals surface area contributed by atoms with Crippen molar-refractivity contribution in [2.75, 3.05) is 30.0 Å². The van der Waals surface area contributed by atoms with Crippen LogP contribution in [-0.4, -0.2) is 42.5 Å². The zero-order chi connectivity index (χ0) is 13.8. The first-order valence-corrected chi connectivity index (χ1v) is 7.65. The summed E-state index contributed by atoms with van der Waals surface area (Å²) in [7, 11) is -3.12. The summed E-state index contributed by atoms with van der Waals surface area (Å²) in [5.41, 5.74) is 0. The SMILES string of the molecule is CCNc1cncc(NCC(C)(C)S(C)(=O)=O)n1. The summed E-state index contributed by atoms with van der Waals surface area (Å²) in [6.07, 6.45) is 4.42. The fraction of sp³-hybridized carbons (Fsp3) is 0.636. The van der Waals surface area contributed by atoms with E-state index < -0.39 is 14.6 Å². The van der Waals surface area contributed by atoms with Crippen LogP contribution in [0.1, 0.15) is 20.8 Å². The van der Waals surface area contributed by atoms with E-state index in [1.807, 2.05) is 6.92 Å². The fourth-order valence-corrected chi connectivity index (χ4v) is 1.49. The molecule has 102 valence electrons. The molecule has 7 heteroatoms. The molecule has 0 bridgehead atoms. The van der Waals surface area contributed by atoms with Gasteiger partial charge in [-0.15, -0.1) is 0 Å². The highest BCUT2D eigenvalue weighted by Crippen LogP contribution is 2.16. The summed E-state index contributed by atoms with van der Waals surface area (Å²) in [4.78, 5) is 8.30. The van der Waals surface area contributed by atoms with Gasteiger partial charge < -0.3 is 10.6 Å². The molecule has 0 atom stereocenters. The van der Waals surface area contributed by atoms with Crippen LogP contribution in [0.2, 0.25) is 0 Å². The van der Waals surface area contributed by atoms with Crippen LogP contribution < -0.4 is 10.6 Å². The van der Waals surface area contributed by atoms with Crippen LogP contribution in [0.4, 0.5) is 11.6 Å². The van der Waals surface area contributed by atoms with Gasteiger partial charge in [0.25, 0.3) is 0 Å². The van der Waals surface area contributed by atoms with Crippen molar-refractivity contribution in [3.05, 3.63) is 12.4 Å². The van der Waals surface area contributed by atoms with E-state index in [1.54, 1.807) is 26.2 Å². The third kappa shape index (κ3) is 3.83. The Hall–Kier alpha value is -1.37. The molecule has 0 aliphatic heterocycles. The van der Waals surface area contributed by atoms with Gasteiger partial charge in [-0.3, -0.25) is 4.98 Å². The molecule has 6 nitrogen and oxygen atoms in total. The molecule has 0 radical (unpaired) electrons. The lowest BCUT2D eigenvalue weighted by Gasteiger charge is -2.23. The number of nitrogens with one attached hydrogen (secondary N) is 2. The number of hydrogen-bond donors (Lipinski definition) is 2. The van der Waals surface area contributed by atoms with E-state index in [2.05, 4.69) is 20.6 Å². The number of aromatic nitrogens is 2. The molecule has 1 aromatic rings. The minimum absolute atomic E-state index is 0.288. The molecule has 0 unspecified atom stereocenters. The lowest BCUT2D eigenvalue weighted by Crippen LogP contribution is -2.38. The third-order valence-corrected chi connectivity index (χ3v) is 4.84. The van der Waals surface area contributed by atoms with Crippen molar-refractivity contribution in [2.24, 2.45) is 0 Å². The predicted molar refractivity (Wildman–Crippen MR) is 73.6 cm³/mol. The molecule has 1 heterocycles. The first-order chi connectivity index (χ1) is 8.26. The van der Waals surface area contributed by atoms with Gasteiger partial charge in [-0.2, -0.15) is 0 Å². The molecule has 0 aliphatic rings. The Labute approximate surface area is 108 Å².